The molecule has 1 aromatic heterocycles. The van der Waals surface area contributed by atoms with Crippen molar-refractivity contribution in [3.8, 4) is 5.69 Å². The van der Waals surface area contributed by atoms with Crippen LogP contribution in [0.25, 0.3) is 5.69 Å². The number of halogens is 2. The molecule has 1 heterocycles. The highest BCUT2D eigenvalue weighted by Crippen LogP contribution is 2.21. The molecule has 0 bridgehead atoms. The summed E-state index contributed by atoms with van der Waals surface area (Å²) in [6, 6.07) is 6.15. The van der Waals surface area contributed by atoms with Crippen molar-refractivity contribution in [3.05, 3.63) is 45.7 Å². The average Bonchev–Trinajstić information content (AvgIpc) is 2.74. The number of aromatic nitrogens is 2. The molecule has 1 aromatic carbocycles. The summed E-state index contributed by atoms with van der Waals surface area (Å²) in [6.07, 6.45) is 3.44. The molecular formula is C12H13BrClN3. The van der Waals surface area contributed by atoms with Gasteiger partial charge in [-0.3, -0.25) is 0 Å². The molecule has 0 aliphatic rings. The zero-order valence-corrected chi connectivity index (χ0v) is 11.8. The van der Waals surface area contributed by atoms with Crippen LogP contribution in [0.3, 0.4) is 0 Å². The molecule has 2 rings (SSSR count). The Labute approximate surface area is 114 Å². The molecule has 0 unspecified atom stereocenters. The van der Waals surface area contributed by atoms with Gasteiger partial charge in [-0.1, -0.05) is 40.5 Å². The first kappa shape index (κ1) is 12.6. The Balaban J connectivity index is 2.39. The standard InChI is InChI=1S/C12H13BrClN3/c1-2-15-6-9-3-4-10(13)5-12(9)17-8-11(14)7-16-17/h3-5,7-8,15H,2,6H2,1H3. The molecule has 17 heavy (non-hydrogen) atoms. The van der Waals surface area contributed by atoms with E-state index < -0.39 is 0 Å². The van der Waals surface area contributed by atoms with Crippen LogP contribution in [0, 0.1) is 0 Å². The summed E-state index contributed by atoms with van der Waals surface area (Å²) in [4.78, 5) is 0. The van der Waals surface area contributed by atoms with E-state index in [2.05, 4.69) is 39.3 Å². The summed E-state index contributed by atoms with van der Waals surface area (Å²) in [5.41, 5.74) is 2.22. The lowest BCUT2D eigenvalue weighted by molar-refractivity contribution is 0.717. The van der Waals surface area contributed by atoms with E-state index in [4.69, 9.17) is 11.6 Å². The maximum atomic E-state index is 5.90. The van der Waals surface area contributed by atoms with Crippen molar-refractivity contribution in [1.29, 1.82) is 0 Å². The second-order valence-corrected chi connectivity index (χ2v) is 5.01. The van der Waals surface area contributed by atoms with Gasteiger partial charge in [0, 0.05) is 17.2 Å². The van der Waals surface area contributed by atoms with E-state index in [0.717, 1.165) is 23.2 Å². The van der Waals surface area contributed by atoms with Crippen LogP contribution in [0.2, 0.25) is 5.02 Å². The molecule has 0 atom stereocenters. The minimum Gasteiger partial charge on any atom is -0.313 e. The van der Waals surface area contributed by atoms with Crippen LogP contribution in [-0.4, -0.2) is 16.3 Å². The lowest BCUT2D eigenvalue weighted by atomic mass is 10.2. The lowest BCUT2D eigenvalue weighted by Gasteiger charge is -2.10. The molecule has 0 aliphatic carbocycles. The summed E-state index contributed by atoms with van der Waals surface area (Å²) >= 11 is 9.37. The smallest absolute Gasteiger partial charge is 0.0790 e. The maximum Gasteiger partial charge on any atom is 0.0790 e. The lowest BCUT2D eigenvalue weighted by Crippen LogP contribution is -2.14. The van der Waals surface area contributed by atoms with Crippen LogP contribution >= 0.6 is 27.5 Å². The van der Waals surface area contributed by atoms with Crippen molar-refractivity contribution >= 4 is 27.5 Å². The van der Waals surface area contributed by atoms with Crippen molar-refractivity contribution in [3.63, 3.8) is 0 Å². The van der Waals surface area contributed by atoms with E-state index in [-0.39, 0.29) is 0 Å². The summed E-state index contributed by atoms with van der Waals surface area (Å²) in [5, 5.41) is 8.18. The maximum absolute atomic E-state index is 5.90. The van der Waals surface area contributed by atoms with Crippen molar-refractivity contribution in [1.82, 2.24) is 15.1 Å². The molecule has 5 heteroatoms. The number of hydrogen-bond acceptors (Lipinski definition) is 2. The number of nitrogens with one attached hydrogen (secondary N) is 1. The summed E-state index contributed by atoms with van der Waals surface area (Å²) in [7, 11) is 0. The number of rotatable bonds is 4. The Morgan fingerprint density at radius 2 is 2.29 bits per heavy atom. The monoisotopic (exact) mass is 313 g/mol. The van der Waals surface area contributed by atoms with E-state index in [1.54, 1.807) is 17.1 Å². The highest BCUT2D eigenvalue weighted by Gasteiger charge is 2.06. The van der Waals surface area contributed by atoms with E-state index in [1.807, 2.05) is 12.1 Å². The van der Waals surface area contributed by atoms with Gasteiger partial charge < -0.3 is 5.32 Å². The van der Waals surface area contributed by atoms with Gasteiger partial charge in [0.2, 0.25) is 0 Å². The van der Waals surface area contributed by atoms with Crippen molar-refractivity contribution < 1.29 is 0 Å². The first-order valence-electron chi connectivity index (χ1n) is 5.40. The van der Waals surface area contributed by atoms with Crippen molar-refractivity contribution in [2.75, 3.05) is 6.54 Å². The van der Waals surface area contributed by atoms with Crippen LogP contribution in [0.4, 0.5) is 0 Å². The molecule has 3 nitrogen and oxygen atoms in total. The van der Waals surface area contributed by atoms with E-state index in [1.165, 1.54) is 5.56 Å². The van der Waals surface area contributed by atoms with Crippen LogP contribution in [0.5, 0.6) is 0 Å². The van der Waals surface area contributed by atoms with E-state index in [0.29, 0.717) is 5.02 Å². The minimum atomic E-state index is 0.638. The highest BCUT2D eigenvalue weighted by molar-refractivity contribution is 9.10. The molecule has 0 amide bonds. The first-order valence-corrected chi connectivity index (χ1v) is 6.57. The van der Waals surface area contributed by atoms with Gasteiger partial charge in [0.1, 0.15) is 0 Å². The number of nitrogens with zero attached hydrogens (tertiary/aromatic N) is 2. The topological polar surface area (TPSA) is 29.9 Å². The predicted octanol–water partition coefficient (Wildman–Crippen LogP) is 3.40. The van der Waals surface area contributed by atoms with Gasteiger partial charge in [-0.2, -0.15) is 5.10 Å². The molecule has 90 valence electrons. The number of benzene rings is 1. The fourth-order valence-electron chi connectivity index (χ4n) is 1.59. The van der Waals surface area contributed by atoms with Gasteiger partial charge in [0.15, 0.2) is 0 Å². The fourth-order valence-corrected chi connectivity index (χ4v) is 2.08. The van der Waals surface area contributed by atoms with Crippen molar-refractivity contribution in [2.24, 2.45) is 0 Å². The molecule has 0 saturated heterocycles. The van der Waals surface area contributed by atoms with Gasteiger partial charge in [0.25, 0.3) is 0 Å². The van der Waals surface area contributed by atoms with Crippen LogP contribution < -0.4 is 5.32 Å². The molecule has 0 spiro atoms. The zero-order chi connectivity index (χ0) is 12.3. The summed E-state index contributed by atoms with van der Waals surface area (Å²) in [5.74, 6) is 0. The van der Waals surface area contributed by atoms with Gasteiger partial charge in [0.05, 0.1) is 16.9 Å². The van der Waals surface area contributed by atoms with Gasteiger partial charge in [-0.15, -0.1) is 0 Å². The average molecular weight is 315 g/mol. The van der Waals surface area contributed by atoms with Crippen molar-refractivity contribution in [2.45, 2.75) is 13.5 Å². The van der Waals surface area contributed by atoms with Gasteiger partial charge >= 0.3 is 0 Å². The second-order valence-electron chi connectivity index (χ2n) is 3.66. The Bertz CT molecular complexity index is 510. The molecule has 2 aromatic rings. The quantitative estimate of drug-likeness (QED) is 0.937. The Hall–Kier alpha value is -0.840. The molecule has 0 fully saturated rings. The molecular weight excluding hydrogens is 302 g/mol. The molecule has 0 radical (unpaired) electrons. The van der Waals surface area contributed by atoms with Gasteiger partial charge in [-0.25, -0.2) is 4.68 Å². The third-order valence-electron chi connectivity index (χ3n) is 2.41. The summed E-state index contributed by atoms with van der Waals surface area (Å²) < 4.78 is 2.82. The molecule has 0 saturated carbocycles. The normalized spacial score (nSPS) is 10.8. The SMILES string of the molecule is CCNCc1ccc(Br)cc1-n1cc(Cl)cn1. The van der Waals surface area contributed by atoms with Gasteiger partial charge in [-0.05, 0) is 24.2 Å². The largest absolute Gasteiger partial charge is 0.313 e. The minimum absolute atomic E-state index is 0.638. The first-order chi connectivity index (χ1) is 8.20. The predicted molar refractivity (Wildman–Crippen MR) is 73.7 cm³/mol. The van der Waals surface area contributed by atoms with Crippen LogP contribution in [-0.2, 0) is 6.54 Å². The highest BCUT2D eigenvalue weighted by atomic mass is 79.9. The number of hydrogen-bond donors (Lipinski definition) is 1. The third-order valence-corrected chi connectivity index (χ3v) is 3.10. The fraction of sp³-hybridized carbons (Fsp3) is 0.250. The molecule has 1 N–H and O–H groups in total. The van der Waals surface area contributed by atoms with Crippen LogP contribution in [0.15, 0.2) is 35.1 Å². The Kier molecular flexibility index (Phi) is 4.20. The van der Waals surface area contributed by atoms with E-state index in [9.17, 15) is 0 Å². The second kappa shape index (κ2) is 5.67. The van der Waals surface area contributed by atoms with Crippen LogP contribution in [0.1, 0.15) is 12.5 Å². The Morgan fingerprint density at radius 3 is 2.94 bits per heavy atom. The third kappa shape index (κ3) is 3.09. The zero-order valence-electron chi connectivity index (χ0n) is 9.45. The molecule has 0 aliphatic heterocycles. The summed E-state index contributed by atoms with van der Waals surface area (Å²) in [6.45, 7) is 3.84. The van der Waals surface area contributed by atoms with E-state index >= 15 is 0 Å². The Morgan fingerprint density at radius 1 is 1.47 bits per heavy atom.